The summed E-state index contributed by atoms with van der Waals surface area (Å²) in [5.41, 5.74) is 11.0. The van der Waals surface area contributed by atoms with Crippen LogP contribution in [0.2, 0.25) is 0 Å². The maximum atomic E-state index is 12.1. The zero-order valence-corrected chi connectivity index (χ0v) is 13.5. The fraction of sp³-hybridized carbons (Fsp3) is 0.667. The lowest BCUT2D eigenvalue weighted by atomic mass is 9.86. The normalized spacial score (nSPS) is 22.9. The highest BCUT2D eigenvalue weighted by molar-refractivity contribution is 7.91. The smallest absolute Gasteiger partial charge is 0.220 e. The summed E-state index contributed by atoms with van der Waals surface area (Å²) in [7, 11) is -3.40. The highest BCUT2D eigenvalue weighted by Crippen LogP contribution is 2.35. The number of amides is 1. The maximum absolute atomic E-state index is 12.1. The van der Waals surface area contributed by atoms with E-state index in [2.05, 4.69) is 9.69 Å². The van der Waals surface area contributed by atoms with Crippen molar-refractivity contribution >= 4 is 38.1 Å². The van der Waals surface area contributed by atoms with Gasteiger partial charge in [-0.2, -0.15) is 4.37 Å². The minimum absolute atomic E-state index is 0.0152. The quantitative estimate of drug-likeness (QED) is 0.737. The van der Waals surface area contributed by atoms with E-state index in [-0.39, 0.29) is 34.3 Å². The minimum atomic E-state index is -3.40. The Labute approximate surface area is 128 Å². The molecule has 0 spiro atoms. The van der Waals surface area contributed by atoms with Gasteiger partial charge in [-0.3, -0.25) is 4.79 Å². The van der Waals surface area contributed by atoms with Gasteiger partial charge >= 0.3 is 0 Å². The van der Waals surface area contributed by atoms with Crippen molar-refractivity contribution in [3.63, 3.8) is 0 Å². The number of carbonyl (C=O) groups is 1. The molecule has 5 N–H and O–H groups in total. The van der Waals surface area contributed by atoms with Crippen LogP contribution in [0.4, 0.5) is 10.8 Å². The van der Waals surface area contributed by atoms with Crippen molar-refractivity contribution in [3.8, 4) is 0 Å². The minimum Gasteiger partial charge on any atom is -0.382 e. The van der Waals surface area contributed by atoms with Gasteiger partial charge in [0.25, 0.3) is 0 Å². The third kappa shape index (κ3) is 3.46. The number of nitrogens with zero attached hydrogens (tertiary/aromatic N) is 1. The average molecular weight is 332 g/mol. The van der Waals surface area contributed by atoms with Gasteiger partial charge in [0, 0.05) is 12.0 Å². The Balaban J connectivity index is 2.10. The van der Waals surface area contributed by atoms with Gasteiger partial charge in [0.1, 0.15) is 9.90 Å². The van der Waals surface area contributed by atoms with E-state index in [4.69, 9.17) is 11.5 Å². The molecule has 0 aliphatic heterocycles. The van der Waals surface area contributed by atoms with Crippen LogP contribution in [0.5, 0.6) is 0 Å². The van der Waals surface area contributed by atoms with Gasteiger partial charge in [0.05, 0.1) is 5.75 Å². The van der Waals surface area contributed by atoms with Crippen molar-refractivity contribution in [2.24, 2.45) is 11.7 Å². The SMILES string of the molecule is CCS(=O)(=O)c1c(N)nsc1NC1CCC(C(N)=O)CC1. The van der Waals surface area contributed by atoms with Gasteiger partial charge in [-0.1, -0.05) is 6.92 Å². The topological polar surface area (TPSA) is 128 Å². The second kappa shape index (κ2) is 6.18. The number of nitrogens with one attached hydrogen (secondary N) is 1. The zero-order valence-electron chi connectivity index (χ0n) is 11.8. The van der Waals surface area contributed by atoms with Crippen molar-refractivity contribution in [1.82, 2.24) is 4.37 Å². The van der Waals surface area contributed by atoms with Crippen molar-refractivity contribution in [1.29, 1.82) is 0 Å². The van der Waals surface area contributed by atoms with Crippen molar-refractivity contribution in [2.45, 2.75) is 43.5 Å². The van der Waals surface area contributed by atoms with Crippen molar-refractivity contribution in [2.75, 3.05) is 16.8 Å². The summed E-state index contributed by atoms with van der Waals surface area (Å²) in [6.45, 7) is 1.58. The van der Waals surface area contributed by atoms with E-state index in [0.29, 0.717) is 5.00 Å². The van der Waals surface area contributed by atoms with Crippen molar-refractivity contribution in [3.05, 3.63) is 0 Å². The Morgan fingerprint density at radius 3 is 2.52 bits per heavy atom. The summed E-state index contributed by atoms with van der Waals surface area (Å²) in [4.78, 5) is 11.2. The van der Waals surface area contributed by atoms with Gasteiger partial charge in [-0.25, -0.2) is 8.42 Å². The molecule has 1 amide bonds. The molecular weight excluding hydrogens is 312 g/mol. The lowest BCUT2D eigenvalue weighted by Crippen LogP contribution is -2.32. The number of aromatic nitrogens is 1. The number of nitrogens with two attached hydrogens (primary N) is 2. The number of rotatable bonds is 5. The van der Waals surface area contributed by atoms with Gasteiger partial charge < -0.3 is 16.8 Å². The highest BCUT2D eigenvalue weighted by Gasteiger charge is 2.28. The Bertz CT molecular complexity index is 618. The van der Waals surface area contributed by atoms with E-state index in [0.717, 1.165) is 37.2 Å². The molecule has 1 heterocycles. The Hall–Kier alpha value is -1.35. The van der Waals surface area contributed by atoms with E-state index >= 15 is 0 Å². The van der Waals surface area contributed by atoms with Gasteiger partial charge in [-0.05, 0) is 37.2 Å². The lowest BCUT2D eigenvalue weighted by Gasteiger charge is -2.27. The molecule has 1 aliphatic carbocycles. The van der Waals surface area contributed by atoms with E-state index in [1.165, 1.54) is 0 Å². The van der Waals surface area contributed by atoms with Crippen molar-refractivity contribution < 1.29 is 13.2 Å². The van der Waals surface area contributed by atoms with Crippen LogP contribution in [-0.4, -0.2) is 30.5 Å². The first-order valence-electron chi connectivity index (χ1n) is 6.89. The van der Waals surface area contributed by atoms with Gasteiger partial charge in [-0.15, -0.1) is 0 Å². The molecule has 7 nitrogen and oxygen atoms in total. The molecule has 1 aliphatic rings. The summed E-state index contributed by atoms with van der Waals surface area (Å²) < 4.78 is 28.1. The number of anilines is 2. The molecule has 0 radical (unpaired) electrons. The van der Waals surface area contributed by atoms with Crippen LogP contribution in [0.3, 0.4) is 0 Å². The van der Waals surface area contributed by atoms with E-state index in [9.17, 15) is 13.2 Å². The number of hydrogen-bond donors (Lipinski definition) is 3. The van der Waals surface area contributed by atoms with Crippen LogP contribution in [-0.2, 0) is 14.6 Å². The molecule has 0 unspecified atom stereocenters. The number of carbonyl (C=O) groups excluding carboxylic acids is 1. The first-order chi connectivity index (χ1) is 9.85. The number of nitrogen functional groups attached to an aromatic ring is 1. The molecule has 118 valence electrons. The first kappa shape index (κ1) is 16.0. The van der Waals surface area contributed by atoms with E-state index in [1.807, 2.05) is 0 Å². The number of hydrogen-bond acceptors (Lipinski definition) is 7. The summed E-state index contributed by atoms with van der Waals surface area (Å²) in [5.74, 6) is -0.299. The van der Waals surface area contributed by atoms with Crippen LogP contribution >= 0.6 is 11.5 Å². The summed E-state index contributed by atoms with van der Waals surface area (Å²) in [5, 5.41) is 3.71. The molecule has 21 heavy (non-hydrogen) atoms. The number of sulfone groups is 1. The van der Waals surface area contributed by atoms with Crippen LogP contribution in [0, 0.1) is 5.92 Å². The molecule has 1 saturated carbocycles. The molecule has 0 saturated heterocycles. The largest absolute Gasteiger partial charge is 0.382 e. The average Bonchev–Trinajstić information content (AvgIpc) is 2.81. The molecule has 0 bridgehead atoms. The summed E-state index contributed by atoms with van der Waals surface area (Å²) >= 11 is 1.06. The summed E-state index contributed by atoms with van der Waals surface area (Å²) in [6, 6.07) is 0.117. The third-order valence-corrected chi connectivity index (χ3v) is 6.55. The zero-order chi connectivity index (χ0) is 15.6. The molecule has 0 atom stereocenters. The molecule has 1 aromatic heterocycles. The van der Waals surface area contributed by atoms with Crippen LogP contribution in [0.1, 0.15) is 32.6 Å². The number of primary amides is 1. The molecule has 2 rings (SSSR count). The fourth-order valence-corrected chi connectivity index (χ4v) is 4.77. The standard InChI is InChI=1S/C12H20N4O3S2/c1-2-21(18,19)9-10(13)16-20-12(9)15-8-5-3-7(4-6-8)11(14)17/h7-8,15H,2-6H2,1H3,(H2,13,16)(H2,14,17). The van der Waals surface area contributed by atoms with Crippen LogP contribution < -0.4 is 16.8 Å². The molecule has 1 aromatic rings. The third-order valence-electron chi connectivity index (χ3n) is 3.83. The molecule has 1 fully saturated rings. The molecule has 9 heteroatoms. The lowest BCUT2D eigenvalue weighted by molar-refractivity contribution is -0.122. The summed E-state index contributed by atoms with van der Waals surface area (Å²) in [6.07, 6.45) is 2.99. The maximum Gasteiger partial charge on any atom is 0.220 e. The van der Waals surface area contributed by atoms with Crippen LogP contribution in [0.25, 0.3) is 0 Å². The highest BCUT2D eigenvalue weighted by atomic mass is 32.2. The Morgan fingerprint density at radius 2 is 2.00 bits per heavy atom. The first-order valence-corrected chi connectivity index (χ1v) is 9.31. The predicted octanol–water partition coefficient (Wildman–Crippen LogP) is 0.975. The predicted molar refractivity (Wildman–Crippen MR) is 82.8 cm³/mol. The second-order valence-corrected chi connectivity index (χ2v) is 8.21. The van der Waals surface area contributed by atoms with E-state index < -0.39 is 9.84 Å². The van der Waals surface area contributed by atoms with E-state index in [1.54, 1.807) is 6.92 Å². The molecular formula is C12H20N4O3S2. The van der Waals surface area contributed by atoms with Crippen LogP contribution in [0.15, 0.2) is 4.90 Å². The Kier molecular flexibility index (Phi) is 4.72. The fourth-order valence-electron chi connectivity index (χ4n) is 2.54. The monoisotopic (exact) mass is 332 g/mol. The van der Waals surface area contributed by atoms with Gasteiger partial charge in [0.2, 0.25) is 5.91 Å². The second-order valence-electron chi connectivity index (χ2n) is 5.22. The van der Waals surface area contributed by atoms with Gasteiger partial charge in [0.15, 0.2) is 15.7 Å². The Morgan fingerprint density at radius 1 is 1.38 bits per heavy atom. The molecule has 0 aromatic carbocycles.